The first-order chi connectivity index (χ1) is 9.88. The summed E-state index contributed by atoms with van der Waals surface area (Å²) in [4.78, 5) is 11.3. The molecule has 0 bridgehead atoms. The van der Waals surface area contributed by atoms with Crippen molar-refractivity contribution >= 4 is 27.4 Å². The molecule has 0 aliphatic rings. The van der Waals surface area contributed by atoms with Gasteiger partial charge >= 0.3 is 12.1 Å². The van der Waals surface area contributed by atoms with Gasteiger partial charge in [-0.25, -0.2) is 4.79 Å². The Balaban J connectivity index is 2.23. The summed E-state index contributed by atoms with van der Waals surface area (Å²) in [6.45, 7) is 0. The molecule has 0 saturated heterocycles. The largest absolute Gasteiger partial charge is 0.477 e. The fourth-order valence-electron chi connectivity index (χ4n) is 1.99. The smallest absolute Gasteiger partial charge is 0.417 e. The molecule has 3 rings (SSSR count). The zero-order valence-corrected chi connectivity index (χ0v) is 11.0. The van der Waals surface area contributed by atoms with Gasteiger partial charge in [0.2, 0.25) is 0 Å². The topological polar surface area (TPSA) is 63.3 Å². The van der Waals surface area contributed by atoms with E-state index in [2.05, 4.69) is 5.16 Å². The number of alkyl halides is 3. The summed E-state index contributed by atoms with van der Waals surface area (Å²) in [5.74, 6) is -1.29. The molecule has 0 unspecified atom stereocenters. The average Bonchev–Trinajstić information content (AvgIpc) is 3.02. The third-order valence-corrected chi connectivity index (χ3v) is 3.99. The zero-order valence-electron chi connectivity index (χ0n) is 10.1. The highest BCUT2D eigenvalue weighted by Gasteiger charge is 2.33. The fraction of sp³-hybridized carbons (Fsp3) is 0.0769. The maximum atomic E-state index is 13.0. The van der Waals surface area contributed by atoms with Crippen LogP contribution in [0.3, 0.4) is 0 Å². The number of nitrogens with zero attached hydrogens (tertiary/aromatic N) is 1. The summed E-state index contributed by atoms with van der Waals surface area (Å²) in [6, 6.07) is 5.10. The van der Waals surface area contributed by atoms with Crippen molar-refractivity contribution in [3.8, 4) is 10.6 Å². The molecular formula is C13H6F3NO3S. The van der Waals surface area contributed by atoms with Crippen molar-refractivity contribution in [3.63, 3.8) is 0 Å². The van der Waals surface area contributed by atoms with E-state index < -0.39 is 17.7 Å². The van der Waals surface area contributed by atoms with Crippen molar-refractivity contribution in [3.05, 3.63) is 41.6 Å². The van der Waals surface area contributed by atoms with Crippen molar-refractivity contribution in [2.45, 2.75) is 6.18 Å². The van der Waals surface area contributed by atoms with Crippen molar-refractivity contribution in [2.75, 3.05) is 0 Å². The van der Waals surface area contributed by atoms with E-state index in [1.54, 1.807) is 0 Å². The summed E-state index contributed by atoms with van der Waals surface area (Å²) in [5, 5.41) is 12.4. The lowest BCUT2D eigenvalue weighted by atomic mass is 10.1. The molecule has 8 heteroatoms. The average molecular weight is 313 g/mol. The Morgan fingerprint density at radius 1 is 1.33 bits per heavy atom. The Hall–Kier alpha value is -2.35. The van der Waals surface area contributed by atoms with Crippen LogP contribution in [-0.4, -0.2) is 16.2 Å². The van der Waals surface area contributed by atoms with Gasteiger partial charge in [0.1, 0.15) is 5.56 Å². The highest BCUT2D eigenvalue weighted by Crippen LogP contribution is 2.41. The summed E-state index contributed by atoms with van der Waals surface area (Å²) in [5.41, 5.74) is -0.950. The molecule has 0 radical (unpaired) electrons. The molecule has 0 spiro atoms. The molecule has 1 N–H and O–H groups in total. The molecule has 0 fully saturated rings. The van der Waals surface area contributed by atoms with E-state index in [-0.39, 0.29) is 21.6 Å². The Morgan fingerprint density at radius 3 is 2.76 bits per heavy atom. The van der Waals surface area contributed by atoms with Crippen molar-refractivity contribution < 1.29 is 27.6 Å². The molecule has 21 heavy (non-hydrogen) atoms. The lowest BCUT2D eigenvalue weighted by Gasteiger charge is -2.06. The molecule has 0 saturated carbocycles. The van der Waals surface area contributed by atoms with E-state index in [1.807, 2.05) is 0 Å². The Bertz CT molecular complexity index is 835. The maximum absolute atomic E-state index is 13.0. The van der Waals surface area contributed by atoms with Gasteiger partial charge in [0.05, 0.1) is 16.6 Å². The summed E-state index contributed by atoms with van der Waals surface area (Å²) >= 11 is 1.02. The minimum Gasteiger partial charge on any atom is -0.477 e. The molecule has 2 heterocycles. The maximum Gasteiger partial charge on any atom is 0.417 e. The van der Waals surface area contributed by atoms with Crippen LogP contribution in [0.1, 0.15) is 15.9 Å². The molecule has 2 aromatic heterocycles. The number of benzene rings is 1. The number of carbonyl (C=O) groups is 1. The van der Waals surface area contributed by atoms with Gasteiger partial charge in [-0.05, 0) is 18.2 Å². The summed E-state index contributed by atoms with van der Waals surface area (Å²) in [7, 11) is 0. The summed E-state index contributed by atoms with van der Waals surface area (Å²) < 4.78 is 44.1. The third kappa shape index (κ3) is 2.27. The number of hydrogen-bond donors (Lipinski definition) is 1. The van der Waals surface area contributed by atoms with E-state index in [0.717, 1.165) is 23.6 Å². The molecule has 0 atom stereocenters. The first-order valence-corrected chi connectivity index (χ1v) is 6.47. The predicted octanol–water partition coefficient (Wildman–Crippen LogP) is 4.27. The second-order valence-electron chi connectivity index (χ2n) is 4.20. The number of aromatic nitrogens is 1. The van der Waals surface area contributed by atoms with Crippen LogP contribution in [-0.2, 0) is 6.18 Å². The normalized spacial score (nSPS) is 12.0. The van der Waals surface area contributed by atoms with Gasteiger partial charge in [-0.1, -0.05) is 11.2 Å². The fourth-order valence-corrected chi connectivity index (χ4v) is 3.07. The van der Waals surface area contributed by atoms with Gasteiger partial charge in [0.15, 0.2) is 5.76 Å². The molecule has 108 valence electrons. The summed E-state index contributed by atoms with van der Waals surface area (Å²) in [6.07, 6.45) is -3.46. The molecule has 0 amide bonds. The lowest BCUT2D eigenvalue weighted by molar-refractivity contribution is -0.136. The predicted molar refractivity (Wildman–Crippen MR) is 69.3 cm³/mol. The van der Waals surface area contributed by atoms with Crippen LogP contribution in [0.5, 0.6) is 0 Å². The third-order valence-electron chi connectivity index (χ3n) is 2.89. The number of aromatic carboxylic acids is 1. The first-order valence-electron chi connectivity index (χ1n) is 5.66. The second-order valence-corrected chi connectivity index (χ2v) is 5.28. The van der Waals surface area contributed by atoms with Crippen LogP contribution in [0, 0.1) is 0 Å². The lowest BCUT2D eigenvalue weighted by Crippen LogP contribution is -2.04. The van der Waals surface area contributed by atoms with Gasteiger partial charge < -0.3 is 9.63 Å². The molecular weight excluding hydrogens is 307 g/mol. The molecule has 1 aromatic carbocycles. The minimum atomic E-state index is -4.48. The first kappa shape index (κ1) is 13.6. The van der Waals surface area contributed by atoms with Crippen molar-refractivity contribution in [1.29, 1.82) is 0 Å². The van der Waals surface area contributed by atoms with E-state index in [9.17, 15) is 18.0 Å². The van der Waals surface area contributed by atoms with Crippen LogP contribution >= 0.6 is 11.3 Å². The number of hydrogen-bond acceptors (Lipinski definition) is 4. The van der Waals surface area contributed by atoms with Gasteiger partial charge in [-0.15, -0.1) is 11.3 Å². The van der Waals surface area contributed by atoms with Crippen LogP contribution in [0.15, 0.2) is 35.0 Å². The highest BCUT2D eigenvalue weighted by atomic mass is 32.1. The van der Waals surface area contributed by atoms with Crippen LogP contribution in [0.2, 0.25) is 0 Å². The monoisotopic (exact) mass is 313 g/mol. The number of halogens is 3. The van der Waals surface area contributed by atoms with Crippen LogP contribution in [0.4, 0.5) is 13.2 Å². The standard InChI is InChI=1S/C13H6F3NO3S/c14-13(15,16)8-2-1-3-9-6(8)4-10(21-9)11-7(12(18)19)5-17-20-11/h1-5H,(H,18,19). The van der Waals surface area contributed by atoms with E-state index in [1.165, 1.54) is 18.2 Å². The quantitative estimate of drug-likeness (QED) is 0.767. The van der Waals surface area contributed by atoms with Crippen molar-refractivity contribution in [1.82, 2.24) is 5.16 Å². The Kier molecular flexibility index (Phi) is 2.98. The van der Waals surface area contributed by atoms with E-state index in [0.29, 0.717) is 4.70 Å². The van der Waals surface area contributed by atoms with E-state index in [4.69, 9.17) is 9.63 Å². The number of fused-ring (bicyclic) bond motifs is 1. The van der Waals surface area contributed by atoms with E-state index >= 15 is 0 Å². The second kappa shape index (κ2) is 4.59. The van der Waals surface area contributed by atoms with Crippen molar-refractivity contribution in [2.24, 2.45) is 0 Å². The number of carboxylic acids is 1. The molecule has 0 aliphatic carbocycles. The Labute approximate surface area is 119 Å². The van der Waals surface area contributed by atoms with Gasteiger partial charge in [-0.3, -0.25) is 0 Å². The number of carboxylic acid groups (broad SMARTS) is 1. The molecule has 0 aliphatic heterocycles. The van der Waals surface area contributed by atoms with Gasteiger partial charge in [0.25, 0.3) is 0 Å². The number of rotatable bonds is 2. The minimum absolute atomic E-state index is 0.0118. The van der Waals surface area contributed by atoms with Gasteiger partial charge in [0, 0.05) is 10.1 Å². The highest BCUT2D eigenvalue weighted by molar-refractivity contribution is 7.22. The molecule has 3 aromatic rings. The SMILES string of the molecule is O=C(O)c1cnoc1-c1cc2c(C(F)(F)F)cccc2s1. The van der Waals surface area contributed by atoms with Crippen LogP contribution in [0.25, 0.3) is 20.7 Å². The Morgan fingerprint density at radius 2 is 2.10 bits per heavy atom. The zero-order chi connectivity index (χ0) is 15.2. The number of thiophene rings is 1. The molecule has 4 nitrogen and oxygen atoms in total. The van der Waals surface area contributed by atoms with Gasteiger partial charge in [-0.2, -0.15) is 13.2 Å². The van der Waals surface area contributed by atoms with Crippen LogP contribution < -0.4 is 0 Å².